The molecule has 3 heterocycles. The summed E-state index contributed by atoms with van der Waals surface area (Å²) in [5.74, 6) is 0.349. The first kappa shape index (κ1) is 15.4. The number of nitrogens with zero attached hydrogens (tertiary/aromatic N) is 6. The first-order valence-electron chi connectivity index (χ1n) is 7.29. The fourth-order valence-electron chi connectivity index (χ4n) is 2.44. The lowest BCUT2D eigenvalue weighted by Gasteiger charge is -2.01. The van der Waals surface area contributed by atoms with Crippen LogP contribution in [0.25, 0.3) is 28.1 Å². The lowest BCUT2D eigenvalue weighted by Crippen LogP contribution is -2.11. The van der Waals surface area contributed by atoms with Gasteiger partial charge in [-0.05, 0) is 31.2 Å². The van der Waals surface area contributed by atoms with Crippen LogP contribution in [0, 0.1) is 6.92 Å². The van der Waals surface area contributed by atoms with Crippen molar-refractivity contribution in [1.82, 2.24) is 29.5 Å². The Morgan fingerprint density at radius 1 is 1.04 bits per heavy atom. The maximum Gasteiger partial charge on any atom is 0.258 e. The largest absolute Gasteiger partial charge is 0.368 e. The molecule has 0 saturated heterocycles. The molecule has 126 valence electrons. The molecule has 10 heteroatoms. The fraction of sp³-hybridized carbons (Fsp3) is 0.133. The van der Waals surface area contributed by atoms with Crippen LogP contribution < -0.4 is 5.73 Å². The van der Waals surface area contributed by atoms with Crippen LogP contribution in [0.15, 0.2) is 35.5 Å². The highest BCUT2D eigenvalue weighted by molar-refractivity contribution is 7.90. The van der Waals surface area contributed by atoms with Crippen molar-refractivity contribution in [3.63, 3.8) is 0 Å². The van der Waals surface area contributed by atoms with Crippen LogP contribution in [-0.2, 0) is 9.84 Å². The Morgan fingerprint density at radius 3 is 2.60 bits per heavy atom. The Morgan fingerprint density at radius 2 is 1.84 bits per heavy atom. The average Bonchev–Trinajstić information content (AvgIpc) is 2.98. The van der Waals surface area contributed by atoms with Crippen LogP contribution in [0.4, 0.5) is 5.95 Å². The van der Waals surface area contributed by atoms with Gasteiger partial charge in [-0.1, -0.05) is 6.07 Å². The molecule has 0 bridgehead atoms. The van der Waals surface area contributed by atoms with Gasteiger partial charge in [0.1, 0.15) is 0 Å². The van der Waals surface area contributed by atoms with Gasteiger partial charge in [0.15, 0.2) is 5.82 Å². The lowest BCUT2D eigenvalue weighted by atomic mass is 10.1. The molecule has 0 saturated carbocycles. The molecule has 9 nitrogen and oxygen atoms in total. The third-order valence-electron chi connectivity index (χ3n) is 3.63. The molecule has 0 spiro atoms. The van der Waals surface area contributed by atoms with Crippen molar-refractivity contribution in [2.45, 2.75) is 12.1 Å². The quantitative estimate of drug-likeness (QED) is 0.564. The van der Waals surface area contributed by atoms with Gasteiger partial charge >= 0.3 is 0 Å². The van der Waals surface area contributed by atoms with E-state index in [-0.39, 0.29) is 16.9 Å². The van der Waals surface area contributed by atoms with Gasteiger partial charge < -0.3 is 5.73 Å². The number of aromatic nitrogens is 6. The molecule has 25 heavy (non-hydrogen) atoms. The number of hydrogen-bond acceptors (Lipinski definition) is 8. The zero-order chi connectivity index (χ0) is 17.8. The highest BCUT2D eigenvalue weighted by Gasteiger charge is 2.17. The van der Waals surface area contributed by atoms with E-state index in [9.17, 15) is 8.42 Å². The highest BCUT2D eigenvalue weighted by Crippen LogP contribution is 2.22. The molecule has 4 rings (SSSR count). The van der Waals surface area contributed by atoms with Gasteiger partial charge in [0.25, 0.3) is 10.9 Å². The number of nitrogen functional groups attached to an aromatic ring is 1. The molecule has 0 aliphatic rings. The summed E-state index contributed by atoms with van der Waals surface area (Å²) >= 11 is 0. The standard InChI is InChI=1S/C15H13N7O2S/c1-8-3-4-9-7-10(5-6-11(9)17-8)12-18-14-20-15(25(2,23)24)19-13(16)22(14)21-12/h3-7H,1-2H3,(H2,16,18,19,20,21). The van der Waals surface area contributed by atoms with Gasteiger partial charge in [-0.3, -0.25) is 4.98 Å². The van der Waals surface area contributed by atoms with Crippen LogP contribution in [-0.4, -0.2) is 44.2 Å². The van der Waals surface area contributed by atoms with Gasteiger partial charge in [0, 0.05) is 22.9 Å². The Bertz CT molecular complexity index is 1250. The van der Waals surface area contributed by atoms with Crippen LogP contribution in [0.2, 0.25) is 0 Å². The number of anilines is 1. The Labute approximate surface area is 142 Å². The van der Waals surface area contributed by atoms with Crippen molar-refractivity contribution >= 4 is 32.5 Å². The van der Waals surface area contributed by atoms with Crippen molar-refractivity contribution in [2.24, 2.45) is 0 Å². The second kappa shape index (κ2) is 5.18. The second-order valence-electron chi connectivity index (χ2n) is 5.64. The number of aryl methyl sites for hydroxylation is 1. The van der Waals surface area contributed by atoms with E-state index in [2.05, 4.69) is 25.0 Å². The van der Waals surface area contributed by atoms with E-state index in [1.54, 1.807) is 0 Å². The Kier molecular flexibility index (Phi) is 3.19. The van der Waals surface area contributed by atoms with Crippen molar-refractivity contribution in [1.29, 1.82) is 0 Å². The average molecular weight is 355 g/mol. The van der Waals surface area contributed by atoms with Crippen molar-refractivity contribution < 1.29 is 8.42 Å². The van der Waals surface area contributed by atoms with E-state index < -0.39 is 9.84 Å². The summed E-state index contributed by atoms with van der Waals surface area (Å²) in [7, 11) is -3.60. The molecule has 0 aliphatic heterocycles. The minimum atomic E-state index is -3.60. The predicted molar refractivity (Wildman–Crippen MR) is 91.6 cm³/mol. The molecule has 1 aromatic carbocycles. The normalized spacial score (nSPS) is 12.1. The molecular weight excluding hydrogens is 342 g/mol. The topological polar surface area (TPSA) is 129 Å². The van der Waals surface area contributed by atoms with Gasteiger partial charge in [0.2, 0.25) is 15.8 Å². The number of pyridine rings is 1. The molecule has 3 aromatic heterocycles. The summed E-state index contributed by atoms with van der Waals surface area (Å²) in [6, 6.07) is 9.50. The van der Waals surface area contributed by atoms with Gasteiger partial charge in [0.05, 0.1) is 5.52 Å². The second-order valence-corrected chi connectivity index (χ2v) is 7.55. The summed E-state index contributed by atoms with van der Waals surface area (Å²) < 4.78 is 24.5. The first-order valence-corrected chi connectivity index (χ1v) is 9.18. The molecule has 2 N–H and O–H groups in total. The number of benzene rings is 1. The number of nitrogens with two attached hydrogens (primary N) is 1. The summed E-state index contributed by atoms with van der Waals surface area (Å²) in [5.41, 5.74) is 8.33. The molecule has 0 atom stereocenters. The van der Waals surface area contributed by atoms with E-state index in [1.807, 2.05) is 37.3 Å². The monoisotopic (exact) mass is 355 g/mol. The van der Waals surface area contributed by atoms with Crippen molar-refractivity contribution in [3.05, 3.63) is 36.0 Å². The number of fused-ring (bicyclic) bond motifs is 2. The number of sulfone groups is 1. The van der Waals surface area contributed by atoms with Gasteiger partial charge in [-0.15, -0.1) is 5.10 Å². The summed E-state index contributed by atoms with van der Waals surface area (Å²) in [4.78, 5) is 16.4. The zero-order valence-electron chi connectivity index (χ0n) is 13.4. The third-order valence-corrected chi connectivity index (χ3v) is 4.48. The molecule has 0 amide bonds. The zero-order valence-corrected chi connectivity index (χ0v) is 14.2. The van der Waals surface area contributed by atoms with Gasteiger partial charge in [-0.25, -0.2) is 8.42 Å². The van der Waals surface area contributed by atoms with Crippen LogP contribution in [0.3, 0.4) is 0 Å². The Hall–Kier alpha value is -3.14. The SMILES string of the molecule is Cc1ccc2cc(-c3nc4nc(S(C)(=O)=O)nc(N)n4n3)ccc2n1. The first-order chi connectivity index (χ1) is 11.8. The Balaban J connectivity index is 1.89. The number of rotatable bonds is 2. The maximum atomic E-state index is 11.6. The molecule has 4 aromatic rings. The summed E-state index contributed by atoms with van der Waals surface area (Å²) in [6.07, 6.45) is 1.01. The molecule has 0 fully saturated rings. The number of hydrogen-bond donors (Lipinski definition) is 1. The molecular formula is C15H13N7O2S. The lowest BCUT2D eigenvalue weighted by molar-refractivity contribution is 0.592. The van der Waals surface area contributed by atoms with E-state index in [4.69, 9.17) is 5.73 Å². The van der Waals surface area contributed by atoms with E-state index >= 15 is 0 Å². The third kappa shape index (κ3) is 2.66. The summed E-state index contributed by atoms with van der Waals surface area (Å²) in [5, 5.41) is 4.83. The van der Waals surface area contributed by atoms with E-state index in [1.165, 1.54) is 4.52 Å². The van der Waals surface area contributed by atoms with Crippen molar-refractivity contribution in [3.8, 4) is 11.4 Å². The van der Waals surface area contributed by atoms with Crippen LogP contribution in [0.5, 0.6) is 0 Å². The maximum absolute atomic E-state index is 11.6. The minimum absolute atomic E-state index is 0.0741. The fourth-order valence-corrected chi connectivity index (χ4v) is 2.95. The van der Waals surface area contributed by atoms with Crippen LogP contribution in [0.1, 0.15) is 5.69 Å². The molecule has 0 radical (unpaired) electrons. The summed E-state index contributed by atoms with van der Waals surface area (Å²) in [6.45, 7) is 1.93. The minimum Gasteiger partial charge on any atom is -0.368 e. The van der Waals surface area contributed by atoms with E-state index in [0.29, 0.717) is 5.82 Å². The smallest absolute Gasteiger partial charge is 0.258 e. The van der Waals surface area contributed by atoms with E-state index in [0.717, 1.165) is 28.4 Å². The highest BCUT2D eigenvalue weighted by atomic mass is 32.2. The van der Waals surface area contributed by atoms with Gasteiger partial charge in [-0.2, -0.15) is 19.5 Å². The van der Waals surface area contributed by atoms with Crippen LogP contribution >= 0.6 is 0 Å². The predicted octanol–water partition coefficient (Wildman–Crippen LogP) is 1.03. The molecule has 0 aliphatic carbocycles. The molecule has 0 unspecified atom stereocenters. The van der Waals surface area contributed by atoms with Crippen molar-refractivity contribution in [2.75, 3.05) is 12.0 Å².